The maximum absolute atomic E-state index is 9.38. The molecule has 1 aromatic heterocycles. The van der Waals surface area contributed by atoms with Crippen molar-refractivity contribution in [2.75, 3.05) is 6.54 Å². The molecule has 0 aliphatic carbocycles. The second-order valence-electron chi connectivity index (χ2n) is 5.17. The Morgan fingerprint density at radius 3 is 2.84 bits per heavy atom. The van der Waals surface area contributed by atoms with Crippen LogP contribution in [0.15, 0.2) is 30.5 Å². The number of aromatic nitrogens is 2. The molecule has 4 heteroatoms. The largest absolute Gasteiger partial charge is 0.508 e. The van der Waals surface area contributed by atoms with Crippen molar-refractivity contribution in [3.8, 4) is 16.9 Å². The first-order valence-corrected chi connectivity index (χ1v) is 6.77. The molecule has 0 amide bonds. The molecule has 2 aromatic rings. The highest BCUT2D eigenvalue weighted by atomic mass is 16.3. The highest BCUT2D eigenvalue weighted by Gasteiger charge is 2.19. The van der Waals surface area contributed by atoms with Gasteiger partial charge in [-0.25, -0.2) is 0 Å². The highest BCUT2D eigenvalue weighted by Crippen LogP contribution is 2.26. The Kier molecular flexibility index (Phi) is 3.25. The van der Waals surface area contributed by atoms with Crippen LogP contribution in [0.5, 0.6) is 5.75 Å². The summed E-state index contributed by atoms with van der Waals surface area (Å²) in [6, 6.07) is 7.89. The van der Waals surface area contributed by atoms with Crippen molar-refractivity contribution < 1.29 is 5.11 Å². The van der Waals surface area contributed by atoms with E-state index in [4.69, 9.17) is 0 Å². The number of benzene rings is 1. The lowest BCUT2D eigenvalue weighted by Crippen LogP contribution is -2.25. The molecule has 3 rings (SSSR count). The summed E-state index contributed by atoms with van der Waals surface area (Å²) in [5, 5.41) is 17.3. The van der Waals surface area contributed by atoms with Crippen molar-refractivity contribution in [2.45, 2.75) is 25.3 Å². The normalized spacial score (nSPS) is 18.9. The van der Waals surface area contributed by atoms with Crippen molar-refractivity contribution in [3.05, 3.63) is 36.2 Å². The first-order valence-electron chi connectivity index (χ1n) is 6.77. The lowest BCUT2D eigenvalue weighted by molar-refractivity contribution is 0.475. The summed E-state index contributed by atoms with van der Waals surface area (Å²) in [4.78, 5) is 0. The fourth-order valence-electron chi connectivity index (χ4n) is 2.75. The number of phenols is 1. The first-order chi connectivity index (χ1) is 9.24. The van der Waals surface area contributed by atoms with Gasteiger partial charge in [-0.05, 0) is 37.1 Å². The number of phenolic OH excluding ortho intramolecular Hbond substituents is 1. The lowest BCUT2D eigenvalue weighted by Gasteiger charge is -2.12. The molecule has 19 heavy (non-hydrogen) atoms. The lowest BCUT2D eigenvalue weighted by atomic mass is 10.0. The number of rotatable bonds is 3. The maximum Gasteiger partial charge on any atom is 0.115 e. The number of nitrogens with one attached hydrogen (secondary N) is 1. The molecule has 1 saturated heterocycles. The average molecular weight is 257 g/mol. The van der Waals surface area contributed by atoms with E-state index in [0.717, 1.165) is 24.1 Å². The third-order valence-corrected chi connectivity index (χ3v) is 3.84. The highest BCUT2D eigenvalue weighted by molar-refractivity contribution is 5.66. The van der Waals surface area contributed by atoms with Crippen LogP contribution < -0.4 is 5.32 Å². The van der Waals surface area contributed by atoms with Crippen LogP contribution in [-0.2, 0) is 13.5 Å². The molecule has 1 atom stereocenters. The van der Waals surface area contributed by atoms with E-state index in [-0.39, 0.29) is 0 Å². The zero-order valence-electron chi connectivity index (χ0n) is 11.1. The van der Waals surface area contributed by atoms with Gasteiger partial charge < -0.3 is 10.4 Å². The molecule has 0 radical (unpaired) electrons. The minimum absolute atomic E-state index is 0.298. The van der Waals surface area contributed by atoms with Crippen LogP contribution >= 0.6 is 0 Å². The summed E-state index contributed by atoms with van der Waals surface area (Å²) in [7, 11) is 1.99. The van der Waals surface area contributed by atoms with Crippen LogP contribution in [0.4, 0.5) is 0 Å². The van der Waals surface area contributed by atoms with Gasteiger partial charge in [0.05, 0.1) is 6.20 Å². The van der Waals surface area contributed by atoms with Crippen LogP contribution in [0.1, 0.15) is 18.5 Å². The van der Waals surface area contributed by atoms with E-state index >= 15 is 0 Å². The van der Waals surface area contributed by atoms with Crippen LogP contribution in [-0.4, -0.2) is 27.5 Å². The zero-order chi connectivity index (χ0) is 13.2. The topological polar surface area (TPSA) is 50.1 Å². The SMILES string of the molecule is Cn1ncc(-c2ccc(O)cc2)c1CC1CCCN1. The molecular weight excluding hydrogens is 238 g/mol. The quantitative estimate of drug-likeness (QED) is 0.885. The van der Waals surface area contributed by atoms with Crippen LogP contribution in [0.3, 0.4) is 0 Å². The van der Waals surface area contributed by atoms with Crippen LogP contribution in [0, 0.1) is 0 Å². The summed E-state index contributed by atoms with van der Waals surface area (Å²) < 4.78 is 1.96. The standard InChI is InChI=1S/C15H19N3O/c1-18-15(9-12-3-2-8-16-12)14(10-17-18)11-4-6-13(19)7-5-11/h4-7,10,12,16,19H,2-3,8-9H2,1H3. The van der Waals surface area contributed by atoms with Crippen molar-refractivity contribution in [2.24, 2.45) is 7.05 Å². The summed E-state index contributed by atoms with van der Waals surface area (Å²) in [6.07, 6.45) is 5.42. The third-order valence-electron chi connectivity index (χ3n) is 3.84. The summed E-state index contributed by atoms with van der Waals surface area (Å²) >= 11 is 0. The molecule has 0 spiro atoms. The fourth-order valence-corrected chi connectivity index (χ4v) is 2.75. The number of hydrogen-bond donors (Lipinski definition) is 2. The predicted octanol–water partition coefficient (Wildman–Crippen LogP) is 2.09. The molecule has 1 aliphatic heterocycles. The Hall–Kier alpha value is -1.81. The smallest absolute Gasteiger partial charge is 0.115 e. The molecular formula is C15H19N3O. The van der Waals surface area contributed by atoms with E-state index in [1.165, 1.54) is 18.5 Å². The molecule has 0 bridgehead atoms. The number of nitrogens with zero attached hydrogens (tertiary/aromatic N) is 2. The molecule has 100 valence electrons. The molecule has 4 nitrogen and oxygen atoms in total. The van der Waals surface area contributed by atoms with Crippen molar-refractivity contribution >= 4 is 0 Å². The Bertz CT molecular complexity index is 553. The van der Waals surface area contributed by atoms with E-state index in [1.807, 2.05) is 30.1 Å². The first kappa shape index (κ1) is 12.2. The van der Waals surface area contributed by atoms with Crippen molar-refractivity contribution in [3.63, 3.8) is 0 Å². The molecule has 1 aromatic carbocycles. The van der Waals surface area contributed by atoms with E-state index < -0.39 is 0 Å². The number of aryl methyl sites for hydroxylation is 1. The van der Waals surface area contributed by atoms with Gasteiger partial charge in [0.2, 0.25) is 0 Å². The Labute approximate surface area is 113 Å². The predicted molar refractivity (Wildman–Crippen MR) is 75.0 cm³/mol. The molecule has 2 heterocycles. The molecule has 1 aliphatic rings. The van der Waals surface area contributed by atoms with Crippen molar-refractivity contribution in [1.82, 2.24) is 15.1 Å². The van der Waals surface area contributed by atoms with Gasteiger partial charge >= 0.3 is 0 Å². The van der Waals surface area contributed by atoms with Gasteiger partial charge in [0.25, 0.3) is 0 Å². The minimum Gasteiger partial charge on any atom is -0.508 e. The zero-order valence-corrected chi connectivity index (χ0v) is 11.1. The number of aromatic hydroxyl groups is 1. The van der Waals surface area contributed by atoms with E-state index in [9.17, 15) is 5.11 Å². The van der Waals surface area contributed by atoms with E-state index in [2.05, 4.69) is 10.4 Å². The van der Waals surface area contributed by atoms with E-state index in [1.54, 1.807) is 12.1 Å². The minimum atomic E-state index is 0.298. The maximum atomic E-state index is 9.38. The number of hydrogen-bond acceptors (Lipinski definition) is 3. The van der Waals surface area contributed by atoms with Gasteiger partial charge in [0, 0.05) is 30.8 Å². The van der Waals surface area contributed by atoms with Crippen LogP contribution in [0.2, 0.25) is 0 Å². The summed E-state index contributed by atoms with van der Waals surface area (Å²) in [6.45, 7) is 1.12. The Morgan fingerprint density at radius 2 is 2.16 bits per heavy atom. The average Bonchev–Trinajstić information content (AvgIpc) is 3.03. The Morgan fingerprint density at radius 1 is 1.37 bits per heavy atom. The third kappa shape index (κ3) is 2.49. The van der Waals surface area contributed by atoms with Gasteiger partial charge in [-0.15, -0.1) is 0 Å². The van der Waals surface area contributed by atoms with Crippen molar-refractivity contribution in [1.29, 1.82) is 0 Å². The van der Waals surface area contributed by atoms with Gasteiger partial charge in [-0.3, -0.25) is 4.68 Å². The second-order valence-corrected chi connectivity index (χ2v) is 5.17. The molecule has 2 N–H and O–H groups in total. The summed E-state index contributed by atoms with van der Waals surface area (Å²) in [5.74, 6) is 0.298. The second kappa shape index (κ2) is 5.05. The van der Waals surface area contributed by atoms with Gasteiger partial charge in [-0.1, -0.05) is 12.1 Å². The fraction of sp³-hybridized carbons (Fsp3) is 0.400. The van der Waals surface area contributed by atoms with E-state index in [0.29, 0.717) is 11.8 Å². The molecule has 0 saturated carbocycles. The van der Waals surface area contributed by atoms with Gasteiger partial charge in [-0.2, -0.15) is 5.10 Å². The van der Waals surface area contributed by atoms with Crippen LogP contribution in [0.25, 0.3) is 11.1 Å². The Balaban J connectivity index is 1.91. The van der Waals surface area contributed by atoms with Gasteiger partial charge in [0.15, 0.2) is 0 Å². The molecule has 1 fully saturated rings. The monoisotopic (exact) mass is 257 g/mol. The summed E-state index contributed by atoms with van der Waals surface area (Å²) in [5.41, 5.74) is 3.53. The van der Waals surface area contributed by atoms with Gasteiger partial charge in [0.1, 0.15) is 5.75 Å². The molecule has 1 unspecified atom stereocenters.